The molecule has 0 saturated heterocycles. The number of halogens is 2. The molecule has 168 valence electrons. The molecule has 0 fully saturated rings. The van der Waals surface area contributed by atoms with Gasteiger partial charge in [-0.2, -0.15) is 35.0 Å². The Bertz CT molecular complexity index is 1220. The summed E-state index contributed by atoms with van der Waals surface area (Å²) in [7, 11) is 0. The minimum absolute atomic E-state index is 0. The second-order valence-corrected chi connectivity index (χ2v) is 13.0. The monoisotopic (exact) mass is 662 g/mol. The fourth-order valence-electron chi connectivity index (χ4n) is 3.52. The van der Waals surface area contributed by atoms with E-state index in [4.69, 9.17) is 0 Å². The average molecular weight is 666 g/mol. The molecule has 4 heteroatoms. The van der Waals surface area contributed by atoms with Crippen LogP contribution in [0.5, 0.6) is 0 Å². The topological polar surface area (TPSA) is 0 Å². The van der Waals surface area contributed by atoms with Gasteiger partial charge in [0, 0.05) is 0 Å². The molecule has 0 amide bonds. The van der Waals surface area contributed by atoms with Gasteiger partial charge in [0.1, 0.15) is 0 Å². The van der Waals surface area contributed by atoms with E-state index in [-0.39, 0.29) is 34.0 Å². The molecular weight excluding hydrogens is 639 g/mol. The molecule has 0 aliphatic carbocycles. The van der Waals surface area contributed by atoms with E-state index in [1.807, 2.05) is 0 Å². The van der Waals surface area contributed by atoms with Crippen molar-refractivity contribution in [3.8, 4) is 0 Å². The number of hydrogen-bond donors (Lipinski definition) is 0. The third-order valence-corrected chi connectivity index (χ3v) is 11.3. The predicted octanol–water partition coefficient (Wildman–Crippen LogP) is 7.61. The van der Waals surface area contributed by atoms with Gasteiger partial charge in [-0.3, -0.25) is 0 Å². The van der Waals surface area contributed by atoms with Crippen molar-refractivity contribution in [2.45, 2.75) is 0 Å². The molecule has 6 aromatic carbocycles. The summed E-state index contributed by atoms with van der Waals surface area (Å²) in [5.41, 5.74) is -0.455. The Morgan fingerprint density at radius 1 is 0.441 bits per heavy atom. The summed E-state index contributed by atoms with van der Waals surface area (Å²) in [6.07, 6.45) is 0. The van der Waals surface area contributed by atoms with Crippen LogP contribution in [0.3, 0.4) is 0 Å². The molecule has 0 aliphatic rings. The van der Waals surface area contributed by atoms with Gasteiger partial charge in [0.2, 0.25) is 0 Å². The second kappa shape index (κ2) is 15.2. The van der Waals surface area contributed by atoms with E-state index in [1.54, 1.807) is 23.3 Å². The van der Waals surface area contributed by atoms with Crippen molar-refractivity contribution < 1.29 is 23.3 Å². The molecule has 0 spiro atoms. The smallest absolute Gasteiger partial charge is 0.0809 e. The van der Waals surface area contributed by atoms with Crippen molar-refractivity contribution in [1.29, 1.82) is 0 Å². The molecule has 0 saturated carbocycles. The van der Waals surface area contributed by atoms with Crippen LogP contribution in [-0.4, -0.2) is 5.43 Å². The van der Waals surface area contributed by atoms with E-state index in [0.717, 1.165) is 0 Å². The standard InChI is InChI=1S/C12H10Si.2C9H7.2BrH.Zr/c1-3-7-11(8-4-1)13-12-9-5-2-6-10-12;2*1-2-5-9-7-3-6-8(9)4-1;;;/h1-10H;2*1-7H;2*1H;/q;2*-1;;;+2. The van der Waals surface area contributed by atoms with Gasteiger partial charge in [-0.25, -0.2) is 0 Å². The average Bonchev–Trinajstić information content (AvgIpc) is 3.55. The fraction of sp³-hybridized carbons (Fsp3) is 0. The van der Waals surface area contributed by atoms with E-state index >= 15 is 0 Å². The Labute approximate surface area is 238 Å². The molecule has 0 bridgehead atoms. The SMILES string of the molecule is Br.Br.[Zr+2]=[Si](c1ccccc1)c1ccccc1.c1ccc2[cH-]ccc2c1.c1ccc2[cH-]ccc2c1. The first-order valence-corrected chi connectivity index (χ1v) is 15.9. The Morgan fingerprint density at radius 3 is 1.18 bits per heavy atom. The van der Waals surface area contributed by atoms with Crippen LogP contribution in [-0.2, 0) is 23.3 Å². The van der Waals surface area contributed by atoms with E-state index in [9.17, 15) is 0 Å². The summed E-state index contributed by atoms with van der Waals surface area (Å²) >= 11 is 1.64. The van der Waals surface area contributed by atoms with Gasteiger partial charge in [0.05, 0.1) is 0 Å². The van der Waals surface area contributed by atoms with Crippen LogP contribution in [0, 0.1) is 0 Å². The molecule has 0 radical (unpaired) electrons. The maximum Gasteiger partial charge on any atom is -0.0809 e. The zero-order valence-corrected chi connectivity index (χ0v) is 25.6. The van der Waals surface area contributed by atoms with Crippen LogP contribution >= 0.6 is 34.0 Å². The van der Waals surface area contributed by atoms with Gasteiger partial charge in [0.25, 0.3) is 0 Å². The van der Waals surface area contributed by atoms with Gasteiger partial charge in [-0.15, -0.1) is 93.3 Å². The minimum atomic E-state index is -0.455. The Kier molecular flexibility index (Phi) is 12.7. The fourth-order valence-corrected chi connectivity index (χ4v) is 7.36. The first kappa shape index (κ1) is 28.4. The first-order valence-electron chi connectivity index (χ1n) is 10.7. The predicted molar refractivity (Wildman–Crippen MR) is 158 cm³/mol. The molecule has 0 unspecified atom stereocenters. The van der Waals surface area contributed by atoms with Crippen LogP contribution in [0.15, 0.2) is 146 Å². The van der Waals surface area contributed by atoms with E-state index in [0.29, 0.717) is 0 Å². The first-order chi connectivity index (χ1) is 15.8. The van der Waals surface area contributed by atoms with Crippen molar-refractivity contribution in [1.82, 2.24) is 0 Å². The van der Waals surface area contributed by atoms with Crippen LogP contribution in [0.2, 0.25) is 0 Å². The van der Waals surface area contributed by atoms with Crippen molar-refractivity contribution in [3.05, 3.63) is 146 Å². The molecule has 34 heavy (non-hydrogen) atoms. The van der Waals surface area contributed by atoms with Crippen molar-refractivity contribution in [3.63, 3.8) is 0 Å². The van der Waals surface area contributed by atoms with Crippen LogP contribution in [0.25, 0.3) is 21.5 Å². The molecule has 0 atom stereocenters. The summed E-state index contributed by atoms with van der Waals surface area (Å²) in [6.45, 7) is 0. The van der Waals surface area contributed by atoms with Gasteiger partial charge in [0.15, 0.2) is 0 Å². The zero-order chi connectivity index (χ0) is 22.0. The van der Waals surface area contributed by atoms with E-state index < -0.39 is 5.43 Å². The van der Waals surface area contributed by atoms with E-state index in [1.165, 1.54) is 31.9 Å². The summed E-state index contributed by atoms with van der Waals surface area (Å²) < 4.78 is 0. The third kappa shape index (κ3) is 8.13. The van der Waals surface area contributed by atoms with Gasteiger partial charge in [-0.1, -0.05) is 12.1 Å². The molecular formula is C30H26Br2SiZr. The molecule has 6 rings (SSSR count). The van der Waals surface area contributed by atoms with Gasteiger partial charge < -0.3 is 0 Å². The Morgan fingerprint density at radius 2 is 0.794 bits per heavy atom. The summed E-state index contributed by atoms with van der Waals surface area (Å²) in [6, 6.07) is 51.0. The Hall–Kier alpha value is -1.84. The zero-order valence-electron chi connectivity index (χ0n) is 18.7. The van der Waals surface area contributed by atoms with Crippen LogP contribution < -0.4 is 10.4 Å². The van der Waals surface area contributed by atoms with Crippen molar-refractivity contribution in [2.24, 2.45) is 0 Å². The second-order valence-electron chi connectivity index (χ2n) is 7.42. The van der Waals surface area contributed by atoms with Crippen LogP contribution in [0.4, 0.5) is 0 Å². The number of benzene rings is 4. The minimum Gasteiger partial charge on any atom is -0.168 e. The molecule has 6 aromatic rings. The Balaban J connectivity index is 0.000000181. The molecule has 0 heterocycles. The maximum absolute atomic E-state index is 2.25. The molecule has 0 aliphatic heterocycles. The normalized spacial score (nSPS) is 9.47. The van der Waals surface area contributed by atoms with Crippen molar-refractivity contribution in [2.75, 3.05) is 0 Å². The van der Waals surface area contributed by atoms with Crippen LogP contribution in [0.1, 0.15) is 0 Å². The molecule has 0 nitrogen and oxygen atoms in total. The number of fused-ring (bicyclic) bond motifs is 2. The van der Waals surface area contributed by atoms with E-state index in [2.05, 4.69) is 146 Å². The maximum atomic E-state index is 2.25. The summed E-state index contributed by atoms with van der Waals surface area (Å²) in [5.74, 6) is 0. The molecule has 0 N–H and O–H groups in total. The largest absolute Gasteiger partial charge is 0.168 e. The summed E-state index contributed by atoms with van der Waals surface area (Å²) in [5, 5.41) is 8.36. The third-order valence-electron chi connectivity index (χ3n) is 5.22. The van der Waals surface area contributed by atoms with Gasteiger partial charge in [-0.05, 0) is 0 Å². The summed E-state index contributed by atoms with van der Waals surface area (Å²) in [4.78, 5) is 0. The number of hydrogen-bond acceptors (Lipinski definition) is 0. The van der Waals surface area contributed by atoms with Gasteiger partial charge >= 0.3 is 99.8 Å². The number of rotatable bonds is 2. The van der Waals surface area contributed by atoms with Crippen molar-refractivity contribution >= 4 is 71.3 Å². The quantitative estimate of drug-likeness (QED) is 0.132. The molecule has 0 aromatic heterocycles.